The molecule has 6 nitrogen and oxygen atoms in total. The van der Waals surface area contributed by atoms with Crippen LogP contribution >= 0.6 is 0 Å². The number of pyridine rings is 1. The topological polar surface area (TPSA) is 88.3 Å². The van der Waals surface area contributed by atoms with Crippen LogP contribution in [0.4, 0.5) is 0 Å². The van der Waals surface area contributed by atoms with Crippen molar-refractivity contribution in [2.45, 2.75) is 6.04 Å². The molecule has 0 bridgehead atoms. The zero-order valence-electron chi connectivity index (χ0n) is 11.3. The van der Waals surface area contributed by atoms with Gasteiger partial charge in [0.1, 0.15) is 5.56 Å². The molecule has 1 heterocycles. The highest BCUT2D eigenvalue weighted by molar-refractivity contribution is 5.96. The number of methoxy groups -OCH3 is 1. The van der Waals surface area contributed by atoms with Gasteiger partial charge in [-0.15, -0.1) is 0 Å². The summed E-state index contributed by atoms with van der Waals surface area (Å²) < 4.78 is 4.69. The van der Waals surface area contributed by atoms with E-state index in [2.05, 4.69) is 10.3 Å². The van der Waals surface area contributed by atoms with Crippen molar-refractivity contribution in [2.75, 3.05) is 7.11 Å². The third kappa shape index (κ3) is 3.36. The zero-order chi connectivity index (χ0) is 15.2. The van der Waals surface area contributed by atoms with Crippen LogP contribution in [-0.2, 0) is 9.53 Å². The van der Waals surface area contributed by atoms with E-state index in [1.807, 2.05) is 0 Å². The van der Waals surface area contributed by atoms with Gasteiger partial charge < -0.3 is 15.0 Å². The van der Waals surface area contributed by atoms with Gasteiger partial charge in [0.2, 0.25) is 0 Å². The van der Waals surface area contributed by atoms with Crippen LogP contribution in [0.25, 0.3) is 0 Å². The molecule has 2 rings (SSSR count). The first kappa shape index (κ1) is 14.5. The smallest absolute Gasteiger partial charge is 0.333 e. The fourth-order valence-electron chi connectivity index (χ4n) is 1.85. The van der Waals surface area contributed by atoms with E-state index >= 15 is 0 Å². The van der Waals surface area contributed by atoms with Gasteiger partial charge in [0, 0.05) is 6.20 Å². The molecule has 1 aromatic carbocycles. The van der Waals surface area contributed by atoms with E-state index in [1.165, 1.54) is 25.4 Å². The monoisotopic (exact) mass is 286 g/mol. The van der Waals surface area contributed by atoms with Gasteiger partial charge in [0.15, 0.2) is 6.04 Å². The van der Waals surface area contributed by atoms with Crippen molar-refractivity contribution in [1.82, 2.24) is 10.3 Å². The first-order valence-electron chi connectivity index (χ1n) is 6.25. The molecule has 1 atom stereocenters. The Morgan fingerprint density at radius 3 is 2.48 bits per heavy atom. The van der Waals surface area contributed by atoms with Crippen molar-refractivity contribution in [3.63, 3.8) is 0 Å². The van der Waals surface area contributed by atoms with Crippen molar-refractivity contribution in [3.05, 3.63) is 70.1 Å². The largest absolute Gasteiger partial charge is 0.467 e. The van der Waals surface area contributed by atoms with Gasteiger partial charge in [-0.05, 0) is 17.7 Å². The van der Waals surface area contributed by atoms with Crippen LogP contribution in [0.5, 0.6) is 0 Å². The van der Waals surface area contributed by atoms with Crippen LogP contribution in [0, 0.1) is 0 Å². The predicted molar refractivity (Wildman–Crippen MR) is 75.7 cm³/mol. The fourth-order valence-corrected chi connectivity index (χ4v) is 1.85. The molecular formula is C15H14N2O4. The predicted octanol–water partition coefficient (Wildman–Crippen LogP) is 1.02. The van der Waals surface area contributed by atoms with Crippen LogP contribution in [-0.4, -0.2) is 24.0 Å². The average Bonchev–Trinajstić information content (AvgIpc) is 2.53. The molecule has 1 unspecified atom stereocenters. The number of carbonyl (C=O) groups excluding carboxylic acids is 2. The van der Waals surface area contributed by atoms with Crippen molar-refractivity contribution in [2.24, 2.45) is 0 Å². The molecule has 1 aromatic heterocycles. The zero-order valence-corrected chi connectivity index (χ0v) is 11.3. The number of aromatic nitrogens is 1. The summed E-state index contributed by atoms with van der Waals surface area (Å²) in [6.07, 6.45) is 1.42. The summed E-state index contributed by atoms with van der Waals surface area (Å²) in [4.78, 5) is 38.0. The Balaban J connectivity index is 2.28. The Morgan fingerprint density at radius 1 is 1.14 bits per heavy atom. The SMILES string of the molecule is COC(=O)C(NC(=O)c1ccc[nH]c1=O)c1ccccc1. The Kier molecular flexibility index (Phi) is 4.50. The van der Waals surface area contributed by atoms with Gasteiger partial charge in [0.25, 0.3) is 11.5 Å². The van der Waals surface area contributed by atoms with Gasteiger partial charge in [0.05, 0.1) is 7.11 Å². The number of esters is 1. The summed E-state index contributed by atoms with van der Waals surface area (Å²) >= 11 is 0. The van der Waals surface area contributed by atoms with Crippen molar-refractivity contribution >= 4 is 11.9 Å². The molecule has 2 aromatic rings. The first-order valence-corrected chi connectivity index (χ1v) is 6.25. The lowest BCUT2D eigenvalue weighted by Gasteiger charge is -2.16. The average molecular weight is 286 g/mol. The first-order chi connectivity index (χ1) is 10.1. The highest BCUT2D eigenvalue weighted by Gasteiger charge is 2.24. The summed E-state index contributed by atoms with van der Waals surface area (Å²) in [6, 6.07) is 10.6. The van der Waals surface area contributed by atoms with E-state index in [-0.39, 0.29) is 5.56 Å². The van der Waals surface area contributed by atoms with Crippen LogP contribution in [0.15, 0.2) is 53.5 Å². The third-order valence-electron chi connectivity index (χ3n) is 2.91. The number of H-pyrrole nitrogens is 1. The number of ether oxygens (including phenoxy) is 1. The highest BCUT2D eigenvalue weighted by atomic mass is 16.5. The van der Waals surface area contributed by atoms with E-state index in [1.54, 1.807) is 30.3 Å². The lowest BCUT2D eigenvalue weighted by atomic mass is 10.1. The van der Waals surface area contributed by atoms with Crippen molar-refractivity contribution in [3.8, 4) is 0 Å². The van der Waals surface area contributed by atoms with E-state index in [0.717, 1.165) is 0 Å². The van der Waals surface area contributed by atoms with Crippen molar-refractivity contribution in [1.29, 1.82) is 0 Å². The van der Waals surface area contributed by atoms with Crippen LogP contribution < -0.4 is 10.9 Å². The Bertz CT molecular complexity index is 694. The van der Waals surface area contributed by atoms with Gasteiger partial charge in [-0.2, -0.15) is 0 Å². The maximum absolute atomic E-state index is 12.1. The number of rotatable bonds is 4. The van der Waals surface area contributed by atoms with Crippen LogP contribution in [0.2, 0.25) is 0 Å². The Hall–Kier alpha value is -2.89. The van der Waals surface area contributed by atoms with E-state index in [0.29, 0.717) is 5.56 Å². The molecule has 0 fully saturated rings. The molecule has 21 heavy (non-hydrogen) atoms. The molecule has 0 saturated heterocycles. The number of hydrogen-bond donors (Lipinski definition) is 2. The lowest BCUT2D eigenvalue weighted by Crippen LogP contribution is -2.37. The second-order valence-corrected chi connectivity index (χ2v) is 4.25. The van der Waals surface area contributed by atoms with Gasteiger partial charge >= 0.3 is 5.97 Å². The molecule has 0 aliphatic heterocycles. The molecule has 0 spiro atoms. The minimum absolute atomic E-state index is 0.0673. The minimum atomic E-state index is -0.969. The second-order valence-electron chi connectivity index (χ2n) is 4.25. The third-order valence-corrected chi connectivity index (χ3v) is 2.91. The van der Waals surface area contributed by atoms with Gasteiger partial charge in [-0.3, -0.25) is 9.59 Å². The summed E-state index contributed by atoms with van der Waals surface area (Å²) in [5.41, 5.74) is -0.0147. The van der Waals surface area contributed by atoms with Crippen molar-refractivity contribution < 1.29 is 14.3 Å². The number of amides is 1. The van der Waals surface area contributed by atoms with Crippen LogP contribution in [0.1, 0.15) is 22.0 Å². The van der Waals surface area contributed by atoms with E-state index < -0.39 is 23.5 Å². The van der Waals surface area contributed by atoms with E-state index in [4.69, 9.17) is 4.74 Å². The van der Waals surface area contributed by atoms with Gasteiger partial charge in [-0.25, -0.2) is 4.79 Å². The second kappa shape index (κ2) is 6.51. The van der Waals surface area contributed by atoms with E-state index in [9.17, 15) is 14.4 Å². The molecule has 1 amide bonds. The number of nitrogens with one attached hydrogen (secondary N) is 2. The fraction of sp³-hybridized carbons (Fsp3) is 0.133. The molecule has 0 radical (unpaired) electrons. The molecule has 6 heteroatoms. The summed E-state index contributed by atoms with van der Waals surface area (Å²) in [5.74, 6) is -1.25. The number of carbonyl (C=O) groups is 2. The van der Waals surface area contributed by atoms with Gasteiger partial charge in [-0.1, -0.05) is 30.3 Å². The molecule has 0 saturated carbocycles. The normalized spacial score (nSPS) is 11.5. The Morgan fingerprint density at radius 2 is 1.86 bits per heavy atom. The Labute approximate surface area is 120 Å². The summed E-state index contributed by atoms with van der Waals surface area (Å²) in [5, 5.41) is 2.51. The molecule has 0 aliphatic rings. The highest BCUT2D eigenvalue weighted by Crippen LogP contribution is 2.14. The lowest BCUT2D eigenvalue weighted by molar-refractivity contribution is -0.143. The molecule has 0 aliphatic carbocycles. The summed E-state index contributed by atoms with van der Waals surface area (Å²) in [6.45, 7) is 0. The maximum Gasteiger partial charge on any atom is 0.333 e. The maximum atomic E-state index is 12.1. The number of aromatic amines is 1. The molecule has 2 N–H and O–H groups in total. The molecular weight excluding hydrogens is 272 g/mol. The summed E-state index contributed by atoms with van der Waals surface area (Å²) in [7, 11) is 1.24. The molecule has 108 valence electrons. The number of benzene rings is 1. The quantitative estimate of drug-likeness (QED) is 0.821. The minimum Gasteiger partial charge on any atom is -0.467 e. The standard InChI is InChI=1S/C15H14N2O4/c1-21-15(20)12(10-6-3-2-4-7-10)17-14(19)11-8-5-9-16-13(11)18/h2-9,12H,1H3,(H,16,18)(H,17,19). The number of hydrogen-bond acceptors (Lipinski definition) is 4. The van der Waals surface area contributed by atoms with Crippen LogP contribution in [0.3, 0.4) is 0 Å².